The van der Waals surface area contributed by atoms with Crippen LogP contribution in [0.2, 0.25) is 0 Å². The molecule has 0 radical (unpaired) electrons. The maximum Gasteiger partial charge on any atom is 0.303 e. The molecular formula is C14H21NO2. The number of aliphatic carboxylic acids is 1. The molecule has 0 aliphatic carbocycles. The Kier molecular flexibility index (Phi) is 5.53. The van der Waals surface area contributed by atoms with Crippen molar-refractivity contribution in [3.05, 3.63) is 29.8 Å². The van der Waals surface area contributed by atoms with Crippen molar-refractivity contribution in [2.75, 3.05) is 5.32 Å². The molecule has 2 N–H and O–H groups in total. The summed E-state index contributed by atoms with van der Waals surface area (Å²) in [6.07, 6.45) is 3.12. The Morgan fingerprint density at radius 2 is 2.00 bits per heavy atom. The molecule has 0 fully saturated rings. The summed E-state index contributed by atoms with van der Waals surface area (Å²) < 4.78 is 0. The fraction of sp³-hybridized carbons (Fsp3) is 0.500. The third-order valence-electron chi connectivity index (χ3n) is 2.72. The molecule has 94 valence electrons. The lowest BCUT2D eigenvalue weighted by Gasteiger charge is -2.14. The van der Waals surface area contributed by atoms with Gasteiger partial charge in [-0.3, -0.25) is 4.79 Å². The molecule has 17 heavy (non-hydrogen) atoms. The number of nitrogens with one attached hydrogen (secondary N) is 1. The van der Waals surface area contributed by atoms with Crippen molar-refractivity contribution < 1.29 is 9.90 Å². The van der Waals surface area contributed by atoms with Crippen LogP contribution < -0.4 is 5.32 Å². The molecule has 3 nitrogen and oxygen atoms in total. The molecule has 1 atom stereocenters. The number of carboxylic acid groups (broad SMARTS) is 1. The van der Waals surface area contributed by atoms with Gasteiger partial charge in [0.25, 0.3) is 0 Å². The zero-order valence-corrected chi connectivity index (χ0v) is 10.6. The summed E-state index contributed by atoms with van der Waals surface area (Å²) in [7, 11) is 0. The van der Waals surface area contributed by atoms with Gasteiger partial charge < -0.3 is 10.4 Å². The minimum Gasteiger partial charge on any atom is -0.481 e. The van der Waals surface area contributed by atoms with Crippen LogP contribution in [0.4, 0.5) is 5.69 Å². The van der Waals surface area contributed by atoms with Crippen molar-refractivity contribution in [2.45, 2.75) is 45.6 Å². The van der Waals surface area contributed by atoms with Crippen LogP contribution in [0.25, 0.3) is 0 Å². The quantitative estimate of drug-likeness (QED) is 0.762. The number of hydrogen-bond donors (Lipinski definition) is 2. The molecule has 0 bridgehead atoms. The Labute approximate surface area is 103 Å². The number of hydrogen-bond acceptors (Lipinski definition) is 2. The van der Waals surface area contributed by atoms with Gasteiger partial charge in [-0.1, -0.05) is 25.5 Å². The highest BCUT2D eigenvalue weighted by molar-refractivity contribution is 5.67. The van der Waals surface area contributed by atoms with Crippen LogP contribution in [0, 0.1) is 0 Å². The monoisotopic (exact) mass is 235 g/mol. The molecule has 0 aromatic heterocycles. The van der Waals surface area contributed by atoms with Crippen LogP contribution in [0.5, 0.6) is 0 Å². The minimum absolute atomic E-state index is 0.193. The van der Waals surface area contributed by atoms with Gasteiger partial charge in [-0.15, -0.1) is 0 Å². The first-order valence-corrected chi connectivity index (χ1v) is 6.19. The van der Waals surface area contributed by atoms with Crippen molar-refractivity contribution >= 4 is 11.7 Å². The van der Waals surface area contributed by atoms with E-state index in [0.29, 0.717) is 12.5 Å². The average molecular weight is 235 g/mol. The molecule has 0 heterocycles. The van der Waals surface area contributed by atoms with E-state index in [0.717, 1.165) is 17.7 Å². The van der Waals surface area contributed by atoms with Gasteiger partial charge in [-0.2, -0.15) is 0 Å². The lowest BCUT2D eigenvalue weighted by Crippen LogP contribution is -2.14. The molecule has 0 amide bonds. The summed E-state index contributed by atoms with van der Waals surface area (Å²) in [5.74, 6) is -0.747. The van der Waals surface area contributed by atoms with Gasteiger partial charge in [0, 0.05) is 18.2 Å². The van der Waals surface area contributed by atoms with Gasteiger partial charge in [0.2, 0.25) is 0 Å². The van der Waals surface area contributed by atoms with Gasteiger partial charge in [0.1, 0.15) is 0 Å². The summed E-state index contributed by atoms with van der Waals surface area (Å²) in [4.78, 5) is 10.4. The smallest absolute Gasteiger partial charge is 0.303 e. The number of rotatable bonds is 7. The van der Waals surface area contributed by atoms with E-state index in [9.17, 15) is 4.79 Å². The molecule has 1 aromatic rings. The van der Waals surface area contributed by atoms with Crippen LogP contribution in [0.15, 0.2) is 24.3 Å². The van der Waals surface area contributed by atoms with Crippen LogP contribution in [0.3, 0.4) is 0 Å². The van der Waals surface area contributed by atoms with Gasteiger partial charge >= 0.3 is 5.97 Å². The maximum atomic E-state index is 10.4. The molecule has 3 heteroatoms. The van der Waals surface area contributed by atoms with Crippen molar-refractivity contribution in [3.63, 3.8) is 0 Å². The highest BCUT2D eigenvalue weighted by Gasteiger charge is 2.02. The summed E-state index contributed by atoms with van der Waals surface area (Å²) in [5, 5.41) is 12.0. The van der Waals surface area contributed by atoms with Crippen molar-refractivity contribution in [1.82, 2.24) is 0 Å². The molecule has 0 saturated carbocycles. The summed E-state index contributed by atoms with van der Waals surface area (Å²) in [6.45, 7) is 4.34. The van der Waals surface area contributed by atoms with Crippen LogP contribution in [-0.2, 0) is 11.2 Å². The minimum atomic E-state index is -0.747. The molecule has 0 aliphatic rings. The van der Waals surface area contributed by atoms with Crippen LogP contribution >= 0.6 is 0 Å². The fourth-order valence-corrected chi connectivity index (χ4v) is 1.81. The summed E-state index contributed by atoms with van der Waals surface area (Å²) in [6, 6.07) is 8.49. The first-order valence-electron chi connectivity index (χ1n) is 6.19. The van der Waals surface area contributed by atoms with Gasteiger partial charge in [0.15, 0.2) is 0 Å². The average Bonchev–Trinajstić information content (AvgIpc) is 2.28. The SMILES string of the molecule is CCCC(C)Nc1ccc(CCC(=O)O)cc1. The van der Waals surface area contributed by atoms with E-state index >= 15 is 0 Å². The maximum absolute atomic E-state index is 10.4. The van der Waals surface area contributed by atoms with Crippen molar-refractivity contribution in [1.29, 1.82) is 0 Å². The Bertz CT molecular complexity index is 346. The fourth-order valence-electron chi connectivity index (χ4n) is 1.81. The number of carbonyl (C=O) groups is 1. The van der Waals surface area contributed by atoms with E-state index in [4.69, 9.17) is 5.11 Å². The molecule has 1 rings (SSSR count). The van der Waals surface area contributed by atoms with E-state index < -0.39 is 5.97 Å². The number of benzene rings is 1. The van der Waals surface area contributed by atoms with E-state index in [1.807, 2.05) is 24.3 Å². The predicted molar refractivity (Wildman–Crippen MR) is 70.4 cm³/mol. The van der Waals surface area contributed by atoms with E-state index in [2.05, 4.69) is 19.2 Å². The molecule has 0 aliphatic heterocycles. The van der Waals surface area contributed by atoms with Gasteiger partial charge in [0.05, 0.1) is 0 Å². The lowest BCUT2D eigenvalue weighted by molar-refractivity contribution is -0.136. The number of carboxylic acids is 1. The van der Waals surface area contributed by atoms with Crippen molar-refractivity contribution in [2.24, 2.45) is 0 Å². The predicted octanol–water partition coefficient (Wildman–Crippen LogP) is 3.30. The first kappa shape index (κ1) is 13.6. The van der Waals surface area contributed by atoms with Gasteiger partial charge in [-0.05, 0) is 37.5 Å². The van der Waals surface area contributed by atoms with Crippen molar-refractivity contribution in [3.8, 4) is 0 Å². The standard InChI is InChI=1S/C14H21NO2/c1-3-4-11(2)15-13-8-5-12(6-9-13)7-10-14(16)17/h5-6,8-9,11,15H,3-4,7,10H2,1-2H3,(H,16,17). The third kappa shape index (κ3) is 5.38. The highest BCUT2D eigenvalue weighted by Crippen LogP contribution is 2.13. The van der Waals surface area contributed by atoms with E-state index in [1.165, 1.54) is 6.42 Å². The first-order chi connectivity index (χ1) is 8.11. The van der Waals surface area contributed by atoms with Crippen LogP contribution in [-0.4, -0.2) is 17.1 Å². The second-order valence-corrected chi connectivity index (χ2v) is 4.42. The zero-order chi connectivity index (χ0) is 12.7. The Balaban J connectivity index is 2.47. The summed E-state index contributed by atoms with van der Waals surface area (Å²) >= 11 is 0. The normalized spacial score (nSPS) is 12.1. The van der Waals surface area contributed by atoms with Gasteiger partial charge in [-0.25, -0.2) is 0 Å². The Hall–Kier alpha value is -1.51. The number of aryl methyl sites for hydroxylation is 1. The molecular weight excluding hydrogens is 214 g/mol. The van der Waals surface area contributed by atoms with Crippen LogP contribution in [0.1, 0.15) is 38.7 Å². The molecule has 1 unspecified atom stereocenters. The second kappa shape index (κ2) is 6.94. The Morgan fingerprint density at radius 1 is 1.35 bits per heavy atom. The second-order valence-electron chi connectivity index (χ2n) is 4.42. The molecule has 0 saturated heterocycles. The highest BCUT2D eigenvalue weighted by atomic mass is 16.4. The van der Waals surface area contributed by atoms with E-state index in [-0.39, 0.29) is 6.42 Å². The lowest BCUT2D eigenvalue weighted by atomic mass is 10.1. The topological polar surface area (TPSA) is 49.3 Å². The largest absolute Gasteiger partial charge is 0.481 e. The van der Waals surface area contributed by atoms with E-state index in [1.54, 1.807) is 0 Å². The Morgan fingerprint density at radius 3 is 2.53 bits per heavy atom. The third-order valence-corrected chi connectivity index (χ3v) is 2.72. The molecule has 0 spiro atoms. The number of anilines is 1. The molecule has 1 aromatic carbocycles. The summed E-state index contributed by atoms with van der Waals surface area (Å²) in [5.41, 5.74) is 2.17. The zero-order valence-electron chi connectivity index (χ0n) is 10.6.